The summed E-state index contributed by atoms with van der Waals surface area (Å²) in [6.45, 7) is 0.817. The van der Waals surface area contributed by atoms with Crippen molar-refractivity contribution in [2.75, 3.05) is 6.54 Å². The maximum absolute atomic E-state index is 13.4. The monoisotopic (exact) mass is 408 g/mol. The average molecular weight is 408 g/mol. The molecule has 0 bridgehead atoms. The number of aromatic hydroxyl groups is 1. The van der Waals surface area contributed by atoms with E-state index in [0.717, 1.165) is 23.1 Å². The number of thiophene rings is 1. The molecule has 28 heavy (non-hydrogen) atoms. The summed E-state index contributed by atoms with van der Waals surface area (Å²) in [4.78, 5) is 6.47. The molecule has 150 valence electrons. The van der Waals surface area contributed by atoms with Crippen molar-refractivity contribution >= 4 is 22.2 Å². The molecule has 1 fully saturated rings. The Kier molecular flexibility index (Phi) is 5.36. The van der Waals surface area contributed by atoms with E-state index in [4.69, 9.17) is 0 Å². The first-order valence-corrected chi connectivity index (χ1v) is 10.6. The molecule has 0 radical (unpaired) electrons. The van der Waals surface area contributed by atoms with Gasteiger partial charge < -0.3 is 10.0 Å². The van der Waals surface area contributed by atoms with Crippen LogP contribution in [0.15, 0.2) is 34.6 Å². The Morgan fingerprint density at radius 2 is 1.89 bits per heavy atom. The molecule has 1 aliphatic heterocycles. The lowest BCUT2D eigenvalue weighted by atomic mass is 9.87. The van der Waals surface area contributed by atoms with Gasteiger partial charge >= 0.3 is 6.18 Å². The highest BCUT2D eigenvalue weighted by molar-refractivity contribution is 7.14. The second-order valence-electron chi connectivity index (χ2n) is 7.60. The number of fused-ring (bicyclic) bond motifs is 1. The smallest absolute Gasteiger partial charge is 0.417 e. The Bertz CT molecular complexity index is 869. The number of hydrogen-bond donors (Lipinski definition) is 1. The molecule has 0 spiro atoms. The van der Waals surface area contributed by atoms with Gasteiger partial charge in [0.25, 0.3) is 0 Å². The number of rotatable bonds is 4. The lowest BCUT2D eigenvalue weighted by molar-refractivity contribution is -0.138. The molecule has 2 heterocycles. The van der Waals surface area contributed by atoms with E-state index < -0.39 is 11.7 Å². The Labute approximate surface area is 166 Å². The molecular formula is C21H23F3N2OS. The summed E-state index contributed by atoms with van der Waals surface area (Å²) in [5, 5.41) is 11.8. The maximum atomic E-state index is 13.4. The molecule has 1 N–H and O–H groups in total. The zero-order valence-corrected chi connectivity index (χ0v) is 16.3. The Morgan fingerprint density at radius 1 is 1.14 bits per heavy atom. The summed E-state index contributed by atoms with van der Waals surface area (Å²) < 4.78 is 40.2. The molecule has 1 aromatic heterocycles. The highest BCUT2D eigenvalue weighted by Crippen LogP contribution is 2.44. The summed E-state index contributed by atoms with van der Waals surface area (Å²) in [5.41, 5.74) is 0.231. The van der Waals surface area contributed by atoms with Crippen molar-refractivity contribution in [1.29, 1.82) is 0 Å². The predicted molar refractivity (Wildman–Crippen MR) is 105 cm³/mol. The van der Waals surface area contributed by atoms with Crippen LogP contribution in [-0.2, 0) is 12.7 Å². The highest BCUT2D eigenvalue weighted by atomic mass is 32.1. The van der Waals surface area contributed by atoms with Gasteiger partial charge in [-0.05, 0) is 24.5 Å². The normalized spacial score (nSPS) is 18.1. The molecule has 2 aliphatic rings. The van der Waals surface area contributed by atoms with Crippen LogP contribution in [0.25, 0.3) is 0 Å². The Hall–Kier alpha value is -2.02. The van der Waals surface area contributed by atoms with Crippen LogP contribution < -0.4 is 0 Å². The van der Waals surface area contributed by atoms with Gasteiger partial charge in [0.05, 0.1) is 11.1 Å². The molecule has 0 atom stereocenters. The van der Waals surface area contributed by atoms with E-state index in [0.29, 0.717) is 28.9 Å². The molecule has 3 nitrogen and oxygen atoms in total. The second-order valence-corrected chi connectivity index (χ2v) is 8.46. The number of phenolic OH excluding ortho intramolecular Hbond substituents is 1. The molecule has 4 rings (SSSR count). The minimum atomic E-state index is -4.37. The summed E-state index contributed by atoms with van der Waals surface area (Å²) in [6, 6.07) is 6.89. The molecule has 1 saturated carbocycles. The van der Waals surface area contributed by atoms with Crippen molar-refractivity contribution in [3.05, 3.63) is 46.3 Å². The van der Waals surface area contributed by atoms with Gasteiger partial charge in [0.15, 0.2) is 0 Å². The summed E-state index contributed by atoms with van der Waals surface area (Å²) >= 11 is 1.02. The summed E-state index contributed by atoms with van der Waals surface area (Å²) in [6.07, 6.45) is 2.69. The number of amidine groups is 1. The van der Waals surface area contributed by atoms with E-state index in [1.54, 1.807) is 18.2 Å². The van der Waals surface area contributed by atoms with E-state index in [-0.39, 0.29) is 17.9 Å². The van der Waals surface area contributed by atoms with Crippen molar-refractivity contribution < 1.29 is 18.3 Å². The van der Waals surface area contributed by atoms with Gasteiger partial charge in [-0.2, -0.15) is 13.2 Å². The predicted octanol–water partition coefficient (Wildman–Crippen LogP) is 6.34. The van der Waals surface area contributed by atoms with Crippen molar-refractivity contribution in [1.82, 2.24) is 4.90 Å². The third-order valence-corrected chi connectivity index (χ3v) is 6.62. The Morgan fingerprint density at radius 3 is 2.61 bits per heavy atom. The van der Waals surface area contributed by atoms with Crippen LogP contribution in [0.5, 0.6) is 5.75 Å². The molecule has 0 amide bonds. The summed E-state index contributed by atoms with van der Waals surface area (Å²) in [5.74, 6) is 1.28. The van der Waals surface area contributed by atoms with Crippen LogP contribution in [-0.4, -0.2) is 22.4 Å². The molecule has 2 aromatic rings. The van der Waals surface area contributed by atoms with Crippen molar-refractivity contribution in [3.8, 4) is 5.75 Å². The van der Waals surface area contributed by atoms with Crippen LogP contribution in [0.4, 0.5) is 18.2 Å². The standard InChI is InChI=1S/C21H23F3N2OS/c22-21(23,24)17-13-28-20-16(17)12-26(11-10-14-6-2-1-3-7-14)19(25-20)15-8-4-5-9-18(15)27/h4-5,8-9,13-14,27H,1-3,6-7,10-12H2. The molecule has 0 saturated heterocycles. The number of phenols is 1. The third kappa shape index (κ3) is 3.90. The van der Waals surface area contributed by atoms with E-state index in [1.165, 1.54) is 32.1 Å². The number of halogens is 3. The molecule has 1 aliphatic carbocycles. The SMILES string of the molecule is Oc1ccccc1C1=Nc2scc(C(F)(F)F)c2CN1CCC1CCCCC1. The van der Waals surface area contributed by atoms with Gasteiger partial charge in [-0.15, -0.1) is 11.3 Å². The van der Waals surface area contributed by atoms with Gasteiger partial charge in [-0.3, -0.25) is 0 Å². The molecule has 1 aromatic carbocycles. The fourth-order valence-electron chi connectivity index (χ4n) is 4.18. The lowest BCUT2D eigenvalue weighted by Gasteiger charge is -2.32. The van der Waals surface area contributed by atoms with Crippen LogP contribution in [0, 0.1) is 5.92 Å². The molecular weight excluding hydrogens is 385 g/mol. The fourth-order valence-corrected chi connectivity index (χ4v) is 5.14. The Balaban J connectivity index is 1.66. The van der Waals surface area contributed by atoms with Gasteiger partial charge in [-0.25, -0.2) is 4.99 Å². The molecule has 0 unspecified atom stereocenters. The van der Waals surface area contributed by atoms with Gasteiger partial charge in [-0.1, -0.05) is 44.2 Å². The fraction of sp³-hybridized carbons (Fsp3) is 0.476. The minimum absolute atomic E-state index is 0.0972. The molecule has 7 heteroatoms. The number of nitrogens with zero attached hydrogens (tertiary/aromatic N) is 2. The minimum Gasteiger partial charge on any atom is -0.507 e. The van der Waals surface area contributed by atoms with E-state index >= 15 is 0 Å². The van der Waals surface area contributed by atoms with E-state index in [1.807, 2.05) is 11.0 Å². The topological polar surface area (TPSA) is 35.8 Å². The van der Waals surface area contributed by atoms with Gasteiger partial charge in [0.2, 0.25) is 0 Å². The first kappa shape index (κ1) is 19.3. The largest absolute Gasteiger partial charge is 0.507 e. The number of para-hydroxylation sites is 1. The van der Waals surface area contributed by atoms with Crippen LogP contribution in [0.1, 0.15) is 55.2 Å². The third-order valence-electron chi connectivity index (χ3n) is 5.71. The zero-order chi connectivity index (χ0) is 19.7. The van der Waals surface area contributed by atoms with Crippen molar-refractivity contribution in [3.63, 3.8) is 0 Å². The second kappa shape index (κ2) is 7.78. The van der Waals surface area contributed by atoms with E-state index in [9.17, 15) is 18.3 Å². The quantitative estimate of drug-likeness (QED) is 0.641. The van der Waals surface area contributed by atoms with Crippen LogP contribution >= 0.6 is 11.3 Å². The zero-order valence-electron chi connectivity index (χ0n) is 15.5. The first-order valence-electron chi connectivity index (χ1n) is 9.73. The number of alkyl halides is 3. The van der Waals surface area contributed by atoms with Crippen molar-refractivity contribution in [2.24, 2.45) is 10.9 Å². The van der Waals surface area contributed by atoms with Crippen molar-refractivity contribution in [2.45, 2.75) is 51.2 Å². The first-order chi connectivity index (χ1) is 13.4. The highest BCUT2D eigenvalue weighted by Gasteiger charge is 2.38. The number of hydrogen-bond acceptors (Lipinski definition) is 4. The van der Waals surface area contributed by atoms with Crippen LogP contribution in [0.3, 0.4) is 0 Å². The van der Waals surface area contributed by atoms with Gasteiger partial charge in [0.1, 0.15) is 16.6 Å². The van der Waals surface area contributed by atoms with Gasteiger partial charge in [0, 0.05) is 24.0 Å². The summed E-state index contributed by atoms with van der Waals surface area (Å²) in [7, 11) is 0. The lowest BCUT2D eigenvalue weighted by Crippen LogP contribution is -2.35. The average Bonchev–Trinajstić information content (AvgIpc) is 3.10. The maximum Gasteiger partial charge on any atom is 0.417 e. The number of benzene rings is 1. The number of aliphatic imine (C=N–C) groups is 1. The van der Waals surface area contributed by atoms with Crippen LogP contribution in [0.2, 0.25) is 0 Å². The van der Waals surface area contributed by atoms with E-state index in [2.05, 4.69) is 4.99 Å².